The minimum absolute atomic E-state index is 0.222. The van der Waals surface area contributed by atoms with Crippen molar-refractivity contribution >= 4 is 23.9 Å². The molecule has 2 aliphatic rings. The average Bonchev–Trinajstić information content (AvgIpc) is 3.34. The Kier molecular flexibility index (Phi) is 7.53. The lowest BCUT2D eigenvalue weighted by Crippen LogP contribution is -2.49. The van der Waals surface area contributed by atoms with E-state index >= 15 is 0 Å². The van der Waals surface area contributed by atoms with E-state index in [1.54, 1.807) is 12.0 Å². The van der Waals surface area contributed by atoms with Crippen LogP contribution >= 0.6 is 0 Å². The molecular weight excluding hydrogens is 470 g/mol. The van der Waals surface area contributed by atoms with E-state index < -0.39 is 0 Å². The molecule has 1 aromatic heterocycles. The highest BCUT2D eigenvalue weighted by molar-refractivity contribution is 5.68. The molecule has 1 aliphatic heterocycles. The van der Waals surface area contributed by atoms with Gasteiger partial charge < -0.3 is 29.9 Å². The number of amides is 1. The van der Waals surface area contributed by atoms with E-state index in [-0.39, 0.29) is 12.1 Å². The van der Waals surface area contributed by atoms with Crippen molar-refractivity contribution in [3.05, 3.63) is 65.2 Å². The molecule has 37 heavy (non-hydrogen) atoms. The molecule has 0 radical (unpaired) electrons. The molecular formula is C27H33N7O3. The monoisotopic (exact) mass is 503 g/mol. The lowest BCUT2D eigenvalue weighted by molar-refractivity contribution is 0.105. The number of ether oxygens (including phenoxy) is 2. The Labute approximate surface area is 217 Å². The van der Waals surface area contributed by atoms with Crippen LogP contribution in [0.15, 0.2) is 48.5 Å². The minimum Gasteiger partial charge on any atom is -0.497 e. The fourth-order valence-corrected chi connectivity index (χ4v) is 4.76. The number of rotatable bonds is 8. The molecule has 2 heterocycles. The zero-order valence-corrected chi connectivity index (χ0v) is 21.3. The summed E-state index contributed by atoms with van der Waals surface area (Å²) in [7, 11) is 1.66. The van der Waals surface area contributed by atoms with Gasteiger partial charge in [0.05, 0.1) is 13.7 Å². The van der Waals surface area contributed by atoms with Crippen LogP contribution in [0, 0.1) is 0 Å². The molecule has 194 valence electrons. The van der Waals surface area contributed by atoms with E-state index in [0.29, 0.717) is 57.2 Å². The zero-order chi connectivity index (χ0) is 25.6. The fourth-order valence-electron chi connectivity index (χ4n) is 4.76. The lowest BCUT2D eigenvalue weighted by atomic mass is 10.1. The van der Waals surface area contributed by atoms with Crippen molar-refractivity contribution in [2.24, 2.45) is 0 Å². The van der Waals surface area contributed by atoms with E-state index in [1.807, 2.05) is 31.2 Å². The molecule has 0 atom stereocenters. The zero-order valence-electron chi connectivity index (χ0n) is 21.3. The summed E-state index contributed by atoms with van der Waals surface area (Å²) in [5.41, 5.74) is 3.78. The van der Waals surface area contributed by atoms with Crippen LogP contribution in [0.4, 0.5) is 22.6 Å². The van der Waals surface area contributed by atoms with E-state index in [4.69, 9.17) is 24.4 Å². The SMILES string of the molecule is CCOC(=O)N1CCN(c2nc(NCc3cccc(OC)c3)nc(NC3Cc4ccccc4C3)n2)CC1. The van der Waals surface area contributed by atoms with Gasteiger partial charge in [-0.15, -0.1) is 0 Å². The first-order valence-corrected chi connectivity index (χ1v) is 12.7. The Morgan fingerprint density at radius 1 is 0.973 bits per heavy atom. The van der Waals surface area contributed by atoms with Crippen molar-refractivity contribution in [2.75, 3.05) is 55.4 Å². The number of carbonyl (C=O) groups excluding carboxylic acids is 1. The number of fused-ring (bicyclic) bond motifs is 1. The standard InChI is InChI=1S/C27H33N7O3/c1-3-37-27(35)34-13-11-33(12-14-34)26-31-24(28-18-19-7-6-10-23(15-19)36-2)30-25(32-26)29-22-16-20-8-4-5-9-21(20)17-22/h4-10,15,22H,3,11-14,16-18H2,1-2H3,(H2,28,29,30,31,32). The number of anilines is 3. The predicted molar refractivity (Wildman–Crippen MR) is 142 cm³/mol. The lowest BCUT2D eigenvalue weighted by Gasteiger charge is -2.34. The maximum Gasteiger partial charge on any atom is 0.409 e. The summed E-state index contributed by atoms with van der Waals surface area (Å²) in [6, 6.07) is 16.6. The van der Waals surface area contributed by atoms with Gasteiger partial charge in [-0.05, 0) is 48.6 Å². The molecule has 0 bridgehead atoms. The summed E-state index contributed by atoms with van der Waals surface area (Å²) in [6.07, 6.45) is 1.59. The van der Waals surface area contributed by atoms with E-state index in [0.717, 1.165) is 24.2 Å². The highest BCUT2D eigenvalue weighted by Crippen LogP contribution is 2.25. The summed E-state index contributed by atoms with van der Waals surface area (Å²) < 4.78 is 10.5. The van der Waals surface area contributed by atoms with E-state index in [2.05, 4.69) is 39.8 Å². The van der Waals surface area contributed by atoms with Gasteiger partial charge in [-0.3, -0.25) is 0 Å². The van der Waals surface area contributed by atoms with Crippen molar-refractivity contribution in [1.82, 2.24) is 19.9 Å². The molecule has 1 fully saturated rings. The minimum atomic E-state index is -0.276. The first-order chi connectivity index (χ1) is 18.1. The summed E-state index contributed by atoms with van der Waals surface area (Å²) in [5.74, 6) is 2.44. The first-order valence-electron chi connectivity index (χ1n) is 12.7. The normalized spacial score (nSPS) is 15.3. The maximum atomic E-state index is 12.1. The average molecular weight is 504 g/mol. The van der Waals surface area contributed by atoms with Crippen molar-refractivity contribution in [3.63, 3.8) is 0 Å². The van der Waals surface area contributed by atoms with Gasteiger partial charge in [0, 0.05) is 38.8 Å². The number of piperazine rings is 1. The van der Waals surface area contributed by atoms with Crippen LogP contribution in [0.2, 0.25) is 0 Å². The van der Waals surface area contributed by atoms with E-state index in [9.17, 15) is 4.79 Å². The first kappa shape index (κ1) is 24.6. The van der Waals surface area contributed by atoms with Crippen LogP contribution in [-0.2, 0) is 24.1 Å². The van der Waals surface area contributed by atoms with Crippen LogP contribution < -0.4 is 20.3 Å². The van der Waals surface area contributed by atoms with E-state index in [1.165, 1.54) is 11.1 Å². The summed E-state index contributed by atoms with van der Waals surface area (Å²) >= 11 is 0. The number of aromatic nitrogens is 3. The largest absolute Gasteiger partial charge is 0.497 e. The van der Waals surface area contributed by atoms with Gasteiger partial charge >= 0.3 is 6.09 Å². The Bertz CT molecular complexity index is 1210. The molecule has 0 spiro atoms. The fraction of sp³-hybridized carbons (Fsp3) is 0.407. The molecule has 1 aliphatic carbocycles. The molecule has 10 nitrogen and oxygen atoms in total. The quantitative estimate of drug-likeness (QED) is 0.479. The Balaban J connectivity index is 1.32. The van der Waals surface area contributed by atoms with Gasteiger partial charge in [0.25, 0.3) is 0 Å². The van der Waals surface area contributed by atoms with Crippen molar-refractivity contribution in [2.45, 2.75) is 32.4 Å². The number of benzene rings is 2. The molecule has 5 rings (SSSR count). The van der Waals surface area contributed by atoms with Gasteiger partial charge in [-0.25, -0.2) is 4.79 Å². The second kappa shape index (κ2) is 11.3. The highest BCUT2D eigenvalue weighted by atomic mass is 16.6. The van der Waals surface area contributed by atoms with Crippen LogP contribution in [0.1, 0.15) is 23.6 Å². The van der Waals surface area contributed by atoms with Crippen molar-refractivity contribution < 1.29 is 14.3 Å². The molecule has 0 saturated carbocycles. The summed E-state index contributed by atoms with van der Waals surface area (Å²) in [6.45, 7) is 5.07. The van der Waals surface area contributed by atoms with Gasteiger partial charge in [0.15, 0.2) is 0 Å². The van der Waals surface area contributed by atoms with Gasteiger partial charge in [-0.2, -0.15) is 15.0 Å². The molecule has 3 aromatic rings. The molecule has 10 heteroatoms. The third kappa shape index (κ3) is 6.02. The predicted octanol–water partition coefficient (Wildman–Crippen LogP) is 3.35. The van der Waals surface area contributed by atoms with Gasteiger partial charge in [-0.1, -0.05) is 36.4 Å². The molecule has 1 saturated heterocycles. The Morgan fingerprint density at radius 3 is 2.41 bits per heavy atom. The molecule has 2 N–H and O–H groups in total. The van der Waals surface area contributed by atoms with Crippen molar-refractivity contribution in [1.29, 1.82) is 0 Å². The second-order valence-electron chi connectivity index (χ2n) is 9.18. The molecule has 2 aromatic carbocycles. The Hall–Kier alpha value is -4.08. The number of methoxy groups -OCH3 is 1. The number of nitrogens with one attached hydrogen (secondary N) is 2. The number of nitrogens with zero attached hydrogens (tertiary/aromatic N) is 5. The maximum absolute atomic E-state index is 12.1. The van der Waals surface area contributed by atoms with Crippen LogP contribution in [0.25, 0.3) is 0 Å². The topological polar surface area (TPSA) is 105 Å². The van der Waals surface area contributed by atoms with Crippen LogP contribution in [-0.4, -0.2) is 71.9 Å². The van der Waals surface area contributed by atoms with Crippen molar-refractivity contribution in [3.8, 4) is 5.75 Å². The number of hydrogen-bond donors (Lipinski definition) is 2. The smallest absolute Gasteiger partial charge is 0.409 e. The number of carbonyl (C=O) groups is 1. The summed E-state index contributed by atoms with van der Waals surface area (Å²) in [5, 5.41) is 6.88. The van der Waals surface area contributed by atoms with Gasteiger partial charge in [0.2, 0.25) is 17.8 Å². The Morgan fingerprint density at radius 2 is 1.70 bits per heavy atom. The molecule has 1 amide bonds. The summed E-state index contributed by atoms with van der Waals surface area (Å²) in [4.78, 5) is 30.1. The van der Waals surface area contributed by atoms with Crippen LogP contribution in [0.3, 0.4) is 0 Å². The molecule has 0 unspecified atom stereocenters. The number of hydrogen-bond acceptors (Lipinski definition) is 9. The second-order valence-corrected chi connectivity index (χ2v) is 9.18. The van der Waals surface area contributed by atoms with Crippen LogP contribution in [0.5, 0.6) is 5.75 Å². The third-order valence-corrected chi connectivity index (χ3v) is 6.68. The third-order valence-electron chi connectivity index (χ3n) is 6.68. The highest BCUT2D eigenvalue weighted by Gasteiger charge is 2.26. The van der Waals surface area contributed by atoms with Gasteiger partial charge in [0.1, 0.15) is 5.75 Å².